The molecule has 0 saturated carbocycles. The summed E-state index contributed by atoms with van der Waals surface area (Å²) in [6.07, 6.45) is 1.74. The smallest absolute Gasteiger partial charge is 0.120 e. The summed E-state index contributed by atoms with van der Waals surface area (Å²) in [5, 5.41) is 0. The summed E-state index contributed by atoms with van der Waals surface area (Å²) < 4.78 is 6.34. The summed E-state index contributed by atoms with van der Waals surface area (Å²) in [4.78, 5) is 0. The lowest BCUT2D eigenvalue weighted by Gasteiger charge is -2.01. The van der Waals surface area contributed by atoms with E-state index in [1.807, 2.05) is 24.3 Å². The van der Waals surface area contributed by atoms with Crippen LogP contribution < -0.4 is 4.74 Å². The molecule has 3 heteroatoms. The molecule has 0 aromatic heterocycles. The predicted octanol–water partition coefficient (Wildman–Crippen LogP) is 3.58. The van der Waals surface area contributed by atoms with E-state index in [9.17, 15) is 0 Å². The minimum absolute atomic E-state index is 0.500. The minimum atomic E-state index is 0.500. The first-order chi connectivity index (χ1) is 5.83. The molecule has 0 aliphatic rings. The molecule has 0 N–H and O–H groups in total. The van der Waals surface area contributed by atoms with Crippen LogP contribution >= 0.6 is 27.5 Å². The third-order valence-corrected chi connectivity index (χ3v) is 1.90. The fourth-order valence-electron chi connectivity index (χ4n) is 0.737. The van der Waals surface area contributed by atoms with Crippen molar-refractivity contribution in [2.24, 2.45) is 0 Å². The van der Waals surface area contributed by atoms with Crippen molar-refractivity contribution < 1.29 is 4.74 Å². The van der Waals surface area contributed by atoms with Gasteiger partial charge < -0.3 is 4.74 Å². The molecule has 1 rings (SSSR count). The first kappa shape index (κ1) is 9.62. The van der Waals surface area contributed by atoms with Crippen molar-refractivity contribution in [2.75, 3.05) is 6.61 Å². The number of benzene rings is 1. The molecule has 0 saturated heterocycles. The van der Waals surface area contributed by atoms with Crippen LogP contribution in [0.2, 0.25) is 0 Å². The first-order valence-corrected chi connectivity index (χ1v) is 4.69. The minimum Gasteiger partial charge on any atom is -0.489 e. The zero-order chi connectivity index (χ0) is 8.81. The molecule has 0 aliphatic carbocycles. The fraction of sp³-hybridized carbons (Fsp3) is 0.111. The highest BCUT2D eigenvalue weighted by molar-refractivity contribution is 9.10. The maximum absolute atomic E-state index is 5.33. The molecular weight excluding hydrogens is 239 g/mol. The molecule has 0 atom stereocenters. The molecule has 1 aromatic carbocycles. The highest BCUT2D eigenvalue weighted by atomic mass is 79.9. The van der Waals surface area contributed by atoms with Crippen LogP contribution in [0.3, 0.4) is 0 Å². The van der Waals surface area contributed by atoms with E-state index in [1.165, 1.54) is 5.54 Å². The number of halogens is 2. The first-order valence-electron chi connectivity index (χ1n) is 3.46. The van der Waals surface area contributed by atoms with Gasteiger partial charge in [-0.15, -0.1) is 0 Å². The molecule has 0 unspecified atom stereocenters. The highest BCUT2D eigenvalue weighted by Crippen LogP contribution is 2.17. The Morgan fingerprint density at radius 2 is 2.33 bits per heavy atom. The normalized spacial score (nSPS) is 10.5. The lowest BCUT2D eigenvalue weighted by molar-refractivity contribution is 0.363. The quantitative estimate of drug-likeness (QED) is 0.793. The summed E-state index contributed by atoms with van der Waals surface area (Å²) in [6.45, 7) is 0.500. The standard InChI is InChI=1S/C9H8BrClO/c10-8-3-1-4-9(7-8)12-6-2-5-11/h1-5,7H,6H2. The Balaban J connectivity index is 2.52. The molecule has 0 radical (unpaired) electrons. The maximum atomic E-state index is 5.33. The Morgan fingerprint density at radius 1 is 1.50 bits per heavy atom. The van der Waals surface area contributed by atoms with Crippen LogP contribution in [0.5, 0.6) is 5.75 Å². The monoisotopic (exact) mass is 246 g/mol. The molecule has 1 nitrogen and oxygen atoms in total. The average molecular weight is 248 g/mol. The Kier molecular flexibility index (Phi) is 4.19. The van der Waals surface area contributed by atoms with E-state index in [-0.39, 0.29) is 0 Å². The van der Waals surface area contributed by atoms with Crippen LogP contribution in [0.1, 0.15) is 0 Å². The molecule has 1 aromatic rings. The Bertz CT molecular complexity index is 273. The van der Waals surface area contributed by atoms with Gasteiger partial charge in [0.15, 0.2) is 0 Å². The molecule has 12 heavy (non-hydrogen) atoms. The van der Waals surface area contributed by atoms with Crippen molar-refractivity contribution in [3.63, 3.8) is 0 Å². The van der Waals surface area contributed by atoms with Crippen LogP contribution in [-0.4, -0.2) is 6.61 Å². The van der Waals surface area contributed by atoms with Crippen molar-refractivity contribution in [3.05, 3.63) is 40.3 Å². The van der Waals surface area contributed by atoms with E-state index in [4.69, 9.17) is 16.3 Å². The van der Waals surface area contributed by atoms with E-state index in [0.29, 0.717) is 6.61 Å². The summed E-state index contributed by atoms with van der Waals surface area (Å²) in [7, 11) is 0. The molecule has 0 heterocycles. The molecule has 64 valence electrons. The van der Waals surface area contributed by atoms with E-state index in [2.05, 4.69) is 15.9 Å². The number of ether oxygens (including phenoxy) is 1. The van der Waals surface area contributed by atoms with Crippen molar-refractivity contribution in [3.8, 4) is 5.75 Å². The molecule has 0 bridgehead atoms. The lowest BCUT2D eigenvalue weighted by atomic mass is 10.3. The Morgan fingerprint density at radius 3 is 3.00 bits per heavy atom. The van der Waals surface area contributed by atoms with Gasteiger partial charge in [-0.2, -0.15) is 0 Å². The van der Waals surface area contributed by atoms with Crippen molar-refractivity contribution >= 4 is 27.5 Å². The molecular formula is C9H8BrClO. The largest absolute Gasteiger partial charge is 0.489 e. The number of hydrogen-bond donors (Lipinski definition) is 0. The van der Waals surface area contributed by atoms with E-state index in [1.54, 1.807) is 6.08 Å². The molecule has 0 aliphatic heterocycles. The second-order valence-corrected chi connectivity index (χ2v) is 3.30. The van der Waals surface area contributed by atoms with Gasteiger partial charge in [0.05, 0.1) is 0 Å². The van der Waals surface area contributed by atoms with Crippen LogP contribution in [0, 0.1) is 0 Å². The maximum Gasteiger partial charge on any atom is 0.120 e. The summed E-state index contributed by atoms with van der Waals surface area (Å²) in [5.74, 6) is 0.833. The summed E-state index contributed by atoms with van der Waals surface area (Å²) >= 11 is 8.68. The second-order valence-electron chi connectivity index (χ2n) is 2.13. The van der Waals surface area contributed by atoms with Gasteiger partial charge in [-0.25, -0.2) is 0 Å². The summed E-state index contributed by atoms with van der Waals surface area (Å²) in [6, 6.07) is 7.67. The topological polar surface area (TPSA) is 9.23 Å². The third-order valence-electron chi connectivity index (χ3n) is 1.23. The average Bonchev–Trinajstić information content (AvgIpc) is 2.05. The zero-order valence-electron chi connectivity index (χ0n) is 6.34. The van der Waals surface area contributed by atoms with Crippen LogP contribution in [0.4, 0.5) is 0 Å². The van der Waals surface area contributed by atoms with Crippen LogP contribution in [0.25, 0.3) is 0 Å². The lowest BCUT2D eigenvalue weighted by Crippen LogP contribution is -1.92. The highest BCUT2D eigenvalue weighted by Gasteiger charge is 1.91. The van der Waals surface area contributed by atoms with Gasteiger partial charge in [-0.3, -0.25) is 0 Å². The molecule has 0 fully saturated rings. The molecule has 0 spiro atoms. The van der Waals surface area contributed by atoms with Gasteiger partial charge in [-0.1, -0.05) is 33.6 Å². The fourth-order valence-corrected chi connectivity index (χ4v) is 1.19. The second kappa shape index (κ2) is 5.22. The zero-order valence-corrected chi connectivity index (χ0v) is 8.68. The number of hydrogen-bond acceptors (Lipinski definition) is 1. The van der Waals surface area contributed by atoms with Crippen LogP contribution in [0.15, 0.2) is 40.3 Å². The van der Waals surface area contributed by atoms with E-state index < -0.39 is 0 Å². The SMILES string of the molecule is ClC=CCOc1cccc(Br)c1. The number of rotatable bonds is 3. The van der Waals surface area contributed by atoms with Gasteiger partial charge >= 0.3 is 0 Å². The Hall–Kier alpha value is -0.470. The third kappa shape index (κ3) is 3.28. The van der Waals surface area contributed by atoms with E-state index >= 15 is 0 Å². The van der Waals surface area contributed by atoms with Gasteiger partial charge in [0, 0.05) is 10.0 Å². The molecule has 0 amide bonds. The summed E-state index contributed by atoms with van der Waals surface area (Å²) in [5.41, 5.74) is 1.44. The van der Waals surface area contributed by atoms with Crippen molar-refractivity contribution in [1.29, 1.82) is 0 Å². The Labute approximate surface area is 85.1 Å². The van der Waals surface area contributed by atoms with Gasteiger partial charge in [0.25, 0.3) is 0 Å². The van der Waals surface area contributed by atoms with Crippen LogP contribution in [-0.2, 0) is 0 Å². The van der Waals surface area contributed by atoms with Gasteiger partial charge in [-0.05, 0) is 24.3 Å². The van der Waals surface area contributed by atoms with Crippen molar-refractivity contribution in [1.82, 2.24) is 0 Å². The van der Waals surface area contributed by atoms with Gasteiger partial charge in [0.1, 0.15) is 12.4 Å². The van der Waals surface area contributed by atoms with E-state index in [0.717, 1.165) is 10.2 Å². The van der Waals surface area contributed by atoms with Gasteiger partial charge in [0.2, 0.25) is 0 Å². The van der Waals surface area contributed by atoms with Crippen molar-refractivity contribution in [2.45, 2.75) is 0 Å². The predicted molar refractivity (Wildman–Crippen MR) is 54.6 cm³/mol.